The Kier molecular flexibility index (Phi) is 1.94. The van der Waals surface area contributed by atoms with E-state index in [1.54, 1.807) is 0 Å². The lowest BCUT2D eigenvalue weighted by molar-refractivity contribution is 0.177. The van der Waals surface area contributed by atoms with Gasteiger partial charge in [0.1, 0.15) is 0 Å². The number of nitrogens with two attached hydrogens (primary N) is 1. The van der Waals surface area contributed by atoms with Gasteiger partial charge in [-0.25, -0.2) is 0 Å². The van der Waals surface area contributed by atoms with Crippen molar-refractivity contribution in [2.75, 3.05) is 18.1 Å². The van der Waals surface area contributed by atoms with Gasteiger partial charge in [-0.05, 0) is 37.2 Å². The van der Waals surface area contributed by atoms with E-state index >= 15 is 0 Å². The Morgan fingerprint density at radius 3 is 2.71 bits per heavy atom. The van der Waals surface area contributed by atoms with Crippen LogP contribution in [0, 0.1) is 0 Å². The maximum Gasteiger partial charge on any atom is 0.192 e. The van der Waals surface area contributed by atoms with Gasteiger partial charge in [-0.1, -0.05) is 0 Å². The molecule has 1 spiro atoms. The molecule has 0 radical (unpaired) electrons. The molecule has 0 aromatic heterocycles. The number of nitrogens with zero attached hydrogens (tertiary/aromatic N) is 2. The molecule has 2 aliphatic heterocycles. The van der Waals surface area contributed by atoms with Crippen molar-refractivity contribution in [2.45, 2.75) is 37.3 Å². The first-order valence-corrected chi connectivity index (χ1v) is 6.64. The average molecular weight is 211 g/mol. The molecule has 0 amide bonds. The van der Waals surface area contributed by atoms with Crippen molar-refractivity contribution in [1.29, 1.82) is 0 Å². The Morgan fingerprint density at radius 1 is 1.36 bits per heavy atom. The number of aliphatic imine (C=N–C) groups is 1. The lowest BCUT2D eigenvalue weighted by Crippen LogP contribution is -2.54. The summed E-state index contributed by atoms with van der Waals surface area (Å²) in [7, 11) is 0. The van der Waals surface area contributed by atoms with Crippen LogP contribution < -0.4 is 5.73 Å². The number of hydrogen-bond acceptors (Lipinski definition) is 4. The summed E-state index contributed by atoms with van der Waals surface area (Å²) in [5.74, 6) is 3.39. The van der Waals surface area contributed by atoms with Gasteiger partial charge in [0.2, 0.25) is 0 Å². The summed E-state index contributed by atoms with van der Waals surface area (Å²) < 4.78 is 0. The van der Waals surface area contributed by atoms with Gasteiger partial charge in [-0.2, -0.15) is 11.8 Å². The number of thioether (sulfide) groups is 1. The molecule has 2 fully saturated rings. The van der Waals surface area contributed by atoms with Crippen LogP contribution in [0.3, 0.4) is 0 Å². The van der Waals surface area contributed by atoms with Gasteiger partial charge in [0.15, 0.2) is 5.96 Å². The minimum atomic E-state index is 0.330. The lowest BCUT2D eigenvalue weighted by atomic mass is 9.91. The Labute approximate surface area is 89.1 Å². The summed E-state index contributed by atoms with van der Waals surface area (Å²) >= 11 is 2.07. The fraction of sp³-hybridized carbons (Fsp3) is 0.900. The molecule has 1 aliphatic carbocycles. The second-order valence-corrected chi connectivity index (χ2v) is 5.84. The van der Waals surface area contributed by atoms with Crippen molar-refractivity contribution < 1.29 is 0 Å². The molecule has 1 saturated heterocycles. The molecule has 4 heteroatoms. The van der Waals surface area contributed by atoms with E-state index in [9.17, 15) is 0 Å². The highest BCUT2D eigenvalue weighted by atomic mass is 32.2. The normalized spacial score (nSPS) is 30.9. The van der Waals surface area contributed by atoms with Crippen molar-refractivity contribution >= 4 is 17.7 Å². The Balaban J connectivity index is 1.84. The van der Waals surface area contributed by atoms with Crippen molar-refractivity contribution in [3.8, 4) is 0 Å². The highest BCUT2D eigenvalue weighted by Crippen LogP contribution is 2.42. The smallest absolute Gasteiger partial charge is 0.192 e. The monoisotopic (exact) mass is 211 g/mol. The van der Waals surface area contributed by atoms with Crippen molar-refractivity contribution in [2.24, 2.45) is 10.7 Å². The summed E-state index contributed by atoms with van der Waals surface area (Å²) in [6.07, 6.45) is 5.20. The van der Waals surface area contributed by atoms with Crippen LogP contribution in [0.1, 0.15) is 25.7 Å². The maximum absolute atomic E-state index is 5.99. The predicted molar refractivity (Wildman–Crippen MR) is 60.6 cm³/mol. The van der Waals surface area contributed by atoms with E-state index in [1.165, 1.54) is 37.2 Å². The van der Waals surface area contributed by atoms with Crippen LogP contribution in [0.25, 0.3) is 0 Å². The Morgan fingerprint density at radius 2 is 2.07 bits per heavy atom. The third-order valence-electron chi connectivity index (χ3n) is 3.63. The maximum atomic E-state index is 5.99. The lowest BCUT2D eigenvalue weighted by Gasteiger charge is -2.42. The fourth-order valence-electron chi connectivity index (χ4n) is 2.68. The Bertz CT molecular complexity index is 267. The second kappa shape index (κ2) is 3.05. The zero-order valence-electron chi connectivity index (χ0n) is 8.41. The van der Waals surface area contributed by atoms with Gasteiger partial charge in [-0.3, -0.25) is 4.99 Å². The van der Waals surface area contributed by atoms with Gasteiger partial charge in [0, 0.05) is 6.04 Å². The minimum absolute atomic E-state index is 0.330. The molecule has 3 nitrogen and oxygen atoms in total. The van der Waals surface area contributed by atoms with Gasteiger partial charge >= 0.3 is 0 Å². The van der Waals surface area contributed by atoms with Crippen LogP contribution in [0.2, 0.25) is 0 Å². The number of guanidine groups is 1. The molecule has 0 unspecified atom stereocenters. The fourth-order valence-corrected chi connectivity index (χ4v) is 3.93. The number of hydrogen-bond donors (Lipinski definition) is 1. The van der Waals surface area contributed by atoms with Gasteiger partial charge in [0.05, 0.1) is 12.1 Å². The van der Waals surface area contributed by atoms with E-state index in [2.05, 4.69) is 21.7 Å². The zero-order valence-corrected chi connectivity index (χ0v) is 9.22. The van der Waals surface area contributed by atoms with Crippen molar-refractivity contribution in [3.05, 3.63) is 0 Å². The third kappa shape index (κ3) is 1.23. The summed E-state index contributed by atoms with van der Waals surface area (Å²) in [4.78, 5) is 6.92. The van der Waals surface area contributed by atoms with Crippen LogP contribution in [-0.2, 0) is 0 Å². The van der Waals surface area contributed by atoms with Crippen LogP contribution in [0.4, 0.5) is 0 Å². The molecule has 0 atom stereocenters. The van der Waals surface area contributed by atoms with Crippen LogP contribution in [-0.4, -0.2) is 40.5 Å². The molecule has 0 aromatic carbocycles. The van der Waals surface area contributed by atoms with Crippen LogP contribution in [0.15, 0.2) is 4.99 Å². The van der Waals surface area contributed by atoms with Crippen LogP contribution in [0.5, 0.6) is 0 Å². The van der Waals surface area contributed by atoms with E-state index in [1.807, 2.05) is 0 Å². The van der Waals surface area contributed by atoms with Crippen molar-refractivity contribution in [1.82, 2.24) is 4.90 Å². The summed E-state index contributed by atoms with van der Waals surface area (Å²) in [5, 5.41) is 0. The first-order chi connectivity index (χ1) is 6.82. The molecule has 78 valence electrons. The molecule has 2 N–H and O–H groups in total. The molecule has 14 heavy (non-hydrogen) atoms. The molecular formula is C10H17N3S. The van der Waals surface area contributed by atoms with Gasteiger partial charge in [0.25, 0.3) is 0 Å². The molecule has 3 aliphatic rings. The first-order valence-electron chi connectivity index (χ1n) is 5.49. The van der Waals surface area contributed by atoms with E-state index in [0.717, 1.165) is 18.5 Å². The largest absolute Gasteiger partial charge is 0.370 e. The first kappa shape index (κ1) is 8.89. The van der Waals surface area contributed by atoms with Gasteiger partial charge < -0.3 is 10.6 Å². The molecule has 0 aromatic rings. The molecule has 3 rings (SSSR count). The molecule has 1 saturated carbocycles. The molecular weight excluding hydrogens is 194 g/mol. The summed E-state index contributed by atoms with van der Waals surface area (Å²) in [6.45, 7) is 0.954. The standard InChI is InChI=1S/C10H17N3S/c11-9-12-7-10(3-5-14-6-4-10)13(9)8-1-2-8/h8H,1-7H2,(H2,11,12). The van der Waals surface area contributed by atoms with Crippen molar-refractivity contribution in [3.63, 3.8) is 0 Å². The van der Waals surface area contributed by atoms with Crippen LogP contribution >= 0.6 is 11.8 Å². The SMILES string of the molecule is NC1=NCC2(CCSCC2)N1C1CC1. The molecule has 0 bridgehead atoms. The zero-order chi connectivity index (χ0) is 9.60. The summed E-state index contributed by atoms with van der Waals surface area (Å²) in [5.41, 5.74) is 6.32. The highest BCUT2D eigenvalue weighted by Gasteiger charge is 2.48. The minimum Gasteiger partial charge on any atom is -0.370 e. The molecule has 2 heterocycles. The third-order valence-corrected chi connectivity index (χ3v) is 4.61. The average Bonchev–Trinajstić information content (AvgIpc) is 2.97. The van der Waals surface area contributed by atoms with E-state index in [-0.39, 0.29) is 0 Å². The quantitative estimate of drug-likeness (QED) is 0.705. The van der Waals surface area contributed by atoms with E-state index in [0.29, 0.717) is 5.54 Å². The van der Waals surface area contributed by atoms with Gasteiger partial charge in [-0.15, -0.1) is 0 Å². The van der Waals surface area contributed by atoms with E-state index < -0.39 is 0 Å². The highest BCUT2D eigenvalue weighted by molar-refractivity contribution is 7.99. The summed E-state index contributed by atoms with van der Waals surface area (Å²) in [6, 6.07) is 0.726. The Hall–Kier alpha value is -0.380. The topological polar surface area (TPSA) is 41.6 Å². The number of rotatable bonds is 1. The predicted octanol–water partition coefficient (Wildman–Crippen LogP) is 1.04. The van der Waals surface area contributed by atoms with E-state index in [4.69, 9.17) is 5.73 Å². The second-order valence-electron chi connectivity index (χ2n) is 4.61.